The summed E-state index contributed by atoms with van der Waals surface area (Å²) in [6.45, 7) is 0.429. The molecule has 3 heterocycles. The number of nitrogens with one attached hydrogen (secondary N) is 2. The Labute approximate surface area is 174 Å². The molecule has 3 N–H and O–H groups in total. The topological polar surface area (TPSA) is 101 Å². The van der Waals surface area contributed by atoms with Crippen molar-refractivity contribution in [2.24, 2.45) is 0 Å². The molecule has 8 heteroatoms. The molecule has 154 valence electrons. The second-order valence-electron chi connectivity index (χ2n) is 7.70. The fourth-order valence-corrected chi connectivity index (χ4v) is 4.18. The molecule has 1 saturated carbocycles. The minimum absolute atomic E-state index is 0.0231. The van der Waals surface area contributed by atoms with Crippen LogP contribution in [0.5, 0.6) is 0 Å². The fraction of sp³-hybridized carbons (Fsp3) is 0.364. The average molecular weight is 403 g/mol. The number of aromatic nitrogens is 5. The monoisotopic (exact) mass is 403 g/mol. The molecule has 0 unspecified atom stereocenters. The zero-order chi connectivity index (χ0) is 20.3. The largest absolute Gasteiger partial charge is 0.395 e. The Morgan fingerprint density at radius 2 is 1.97 bits per heavy atom. The van der Waals surface area contributed by atoms with Crippen LogP contribution in [0.1, 0.15) is 38.1 Å². The predicted octanol–water partition coefficient (Wildman–Crippen LogP) is 4.03. The SMILES string of the molecule is OCCNc1nc(Nc2ccc3ncccc3c2)nc2c1ncn2C1CCCCC1. The maximum absolute atomic E-state index is 9.26. The smallest absolute Gasteiger partial charge is 0.231 e. The van der Waals surface area contributed by atoms with Gasteiger partial charge in [0, 0.05) is 29.9 Å². The van der Waals surface area contributed by atoms with Crippen LogP contribution in [-0.2, 0) is 0 Å². The predicted molar refractivity (Wildman–Crippen MR) is 118 cm³/mol. The number of rotatable bonds is 6. The molecule has 8 nitrogen and oxygen atoms in total. The van der Waals surface area contributed by atoms with Crippen LogP contribution >= 0.6 is 0 Å². The molecule has 1 aliphatic rings. The molecule has 3 aromatic heterocycles. The molecule has 0 bridgehead atoms. The van der Waals surface area contributed by atoms with Crippen molar-refractivity contribution in [3.05, 3.63) is 42.9 Å². The number of benzene rings is 1. The Hall–Kier alpha value is -3.26. The van der Waals surface area contributed by atoms with Crippen LogP contribution in [0.25, 0.3) is 22.1 Å². The fourth-order valence-electron chi connectivity index (χ4n) is 4.18. The Morgan fingerprint density at radius 3 is 2.83 bits per heavy atom. The second-order valence-corrected chi connectivity index (χ2v) is 7.70. The third-order valence-electron chi connectivity index (χ3n) is 5.65. The number of fused-ring (bicyclic) bond motifs is 2. The summed E-state index contributed by atoms with van der Waals surface area (Å²) in [6, 6.07) is 10.4. The molecule has 0 spiro atoms. The third-order valence-corrected chi connectivity index (χ3v) is 5.65. The van der Waals surface area contributed by atoms with Gasteiger partial charge in [0.05, 0.1) is 18.5 Å². The molecule has 5 rings (SSSR count). The number of hydrogen-bond acceptors (Lipinski definition) is 7. The molecule has 1 aromatic carbocycles. The summed E-state index contributed by atoms with van der Waals surface area (Å²) in [6.07, 6.45) is 9.74. The van der Waals surface area contributed by atoms with E-state index in [1.54, 1.807) is 6.20 Å². The van der Waals surface area contributed by atoms with Crippen LogP contribution in [-0.4, -0.2) is 42.8 Å². The molecule has 0 saturated heterocycles. The van der Waals surface area contributed by atoms with Crippen LogP contribution in [0.2, 0.25) is 0 Å². The van der Waals surface area contributed by atoms with Crippen molar-refractivity contribution in [1.29, 1.82) is 0 Å². The lowest BCUT2D eigenvalue weighted by Gasteiger charge is -2.23. The third kappa shape index (κ3) is 3.66. The first-order chi connectivity index (χ1) is 14.8. The van der Waals surface area contributed by atoms with Crippen molar-refractivity contribution in [3.63, 3.8) is 0 Å². The van der Waals surface area contributed by atoms with E-state index in [9.17, 15) is 5.11 Å². The highest BCUT2D eigenvalue weighted by molar-refractivity contribution is 5.86. The van der Waals surface area contributed by atoms with E-state index < -0.39 is 0 Å². The summed E-state index contributed by atoms with van der Waals surface area (Å²) < 4.78 is 2.19. The standard InChI is InChI=1S/C22H25N7O/c30-12-11-24-20-19-21(29(14-25-19)17-6-2-1-3-7-17)28-22(27-20)26-16-8-9-18-15(13-16)5-4-10-23-18/h4-5,8-10,13-14,17,30H,1-3,6-7,11-12H2,(H2,24,26,27,28). The van der Waals surface area contributed by atoms with E-state index in [-0.39, 0.29) is 6.61 Å². The Kier molecular flexibility index (Phi) is 5.15. The van der Waals surface area contributed by atoms with Crippen LogP contribution in [0.4, 0.5) is 17.5 Å². The number of imidazole rings is 1. The van der Waals surface area contributed by atoms with Crippen molar-refractivity contribution in [1.82, 2.24) is 24.5 Å². The summed E-state index contributed by atoms with van der Waals surface area (Å²) in [5, 5.41) is 16.8. The highest BCUT2D eigenvalue weighted by atomic mass is 16.3. The Morgan fingerprint density at radius 1 is 1.07 bits per heavy atom. The van der Waals surface area contributed by atoms with Gasteiger partial charge in [0.1, 0.15) is 0 Å². The van der Waals surface area contributed by atoms with E-state index in [1.165, 1.54) is 19.3 Å². The number of aliphatic hydroxyl groups excluding tert-OH is 1. The number of aliphatic hydroxyl groups is 1. The second kappa shape index (κ2) is 8.23. The molecule has 0 radical (unpaired) electrons. The van der Waals surface area contributed by atoms with E-state index in [0.717, 1.165) is 40.6 Å². The molecule has 1 aliphatic carbocycles. The zero-order valence-corrected chi connectivity index (χ0v) is 16.8. The van der Waals surface area contributed by atoms with Crippen molar-refractivity contribution in [2.45, 2.75) is 38.1 Å². The molecular formula is C22H25N7O. The van der Waals surface area contributed by atoms with Crippen LogP contribution in [0.15, 0.2) is 42.9 Å². The van der Waals surface area contributed by atoms with Crippen LogP contribution < -0.4 is 10.6 Å². The van der Waals surface area contributed by atoms with E-state index in [1.807, 2.05) is 36.7 Å². The van der Waals surface area contributed by atoms with E-state index in [0.29, 0.717) is 24.4 Å². The minimum atomic E-state index is 0.0231. The molecule has 0 atom stereocenters. The highest BCUT2D eigenvalue weighted by Crippen LogP contribution is 2.32. The normalized spacial score (nSPS) is 15.0. The van der Waals surface area contributed by atoms with Gasteiger partial charge in [0.15, 0.2) is 17.0 Å². The average Bonchev–Trinajstić information content (AvgIpc) is 3.22. The summed E-state index contributed by atoms with van der Waals surface area (Å²) in [5.74, 6) is 1.14. The van der Waals surface area contributed by atoms with Gasteiger partial charge < -0.3 is 20.3 Å². The molecule has 4 aromatic rings. The van der Waals surface area contributed by atoms with Crippen molar-refractivity contribution >= 4 is 39.5 Å². The zero-order valence-electron chi connectivity index (χ0n) is 16.8. The number of hydrogen-bond donors (Lipinski definition) is 3. The lowest BCUT2D eigenvalue weighted by molar-refractivity contribution is 0.311. The van der Waals surface area contributed by atoms with Crippen LogP contribution in [0, 0.1) is 0 Å². The van der Waals surface area contributed by atoms with Gasteiger partial charge in [0.2, 0.25) is 5.95 Å². The van der Waals surface area contributed by atoms with Crippen molar-refractivity contribution < 1.29 is 5.11 Å². The molecular weight excluding hydrogens is 378 g/mol. The summed E-state index contributed by atoms with van der Waals surface area (Å²) in [5.41, 5.74) is 3.40. The maximum atomic E-state index is 9.26. The lowest BCUT2D eigenvalue weighted by atomic mass is 9.95. The van der Waals surface area contributed by atoms with Crippen molar-refractivity contribution in [2.75, 3.05) is 23.8 Å². The van der Waals surface area contributed by atoms with Gasteiger partial charge in [-0.2, -0.15) is 9.97 Å². The van der Waals surface area contributed by atoms with Crippen LogP contribution in [0.3, 0.4) is 0 Å². The van der Waals surface area contributed by atoms with Gasteiger partial charge in [-0.15, -0.1) is 0 Å². The first-order valence-electron chi connectivity index (χ1n) is 10.5. The van der Waals surface area contributed by atoms with E-state index >= 15 is 0 Å². The van der Waals surface area contributed by atoms with Gasteiger partial charge in [-0.25, -0.2) is 4.98 Å². The summed E-state index contributed by atoms with van der Waals surface area (Å²) in [7, 11) is 0. The number of nitrogens with zero attached hydrogens (tertiary/aromatic N) is 5. The quantitative estimate of drug-likeness (QED) is 0.447. The van der Waals surface area contributed by atoms with Gasteiger partial charge in [-0.3, -0.25) is 4.98 Å². The van der Waals surface area contributed by atoms with E-state index in [2.05, 4.69) is 30.2 Å². The van der Waals surface area contributed by atoms with Gasteiger partial charge >= 0.3 is 0 Å². The molecule has 0 aliphatic heterocycles. The highest BCUT2D eigenvalue weighted by Gasteiger charge is 2.20. The lowest BCUT2D eigenvalue weighted by Crippen LogP contribution is -2.13. The van der Waals surface area contributed by atoms with Gasteiger partial charge in [0.25, 0.3) is 0 Å². The first kappa shape index (κ1) is 18.7. The number of pyridine rings is 1. The summed E-state index contributed by atoms with van der Waals surface area (Å²) in [4.78, 5) is 18.4. The summed E-state index contributed by atoms with van der Waals surface area (Å²) >= 11 is 0. The maximum Gasteiger partial charge on any atom is 0.231 e. The molecule has 0 amide bonds. The minimum Gasteiger partial charge on any atom is -0.395 e. The Bertz CT molecular complexity index is 1170. The molecule has 30 heavy (non-hydrogen) atoms. The van der Waals surface area contributed by atoms with Gasteiger partial charge in [-0.05, 0) is 37.1 Å². The number of anilines is 3. The van der Waals surface area contributed by atoms with E-state index in [4.69, 9.17) is 4.98 Å². The van der Waals surface area contributed by atoms with Crippen molar-refractivity contribution in [3.8, 4) is 0 Å². The molecule has 1 fully saturated rings. The first-order valence-corrected chi connectivity index (χ1v) is 10.5. The Balaban J connectivity index is 1.54. The van der Waals surface area contributed by atoms with Gasteiger partial charge in [-0.1, -0.05) is 25.3 Å².